The number of rotatable bonds is 6. The highest BCUT2D eigenvalue weighted by atomic mass is 32.2. The maximum absolute atomic E-state index is 11.7. The smallest absolute Gasteiger partial charge is 0.178 e. The van der Waals surface area contributed by atoms with Gasteiger partial charge in [-0.2, -0.15) is 0 Å². The Labute approximate surface area is 110 Å². The second-order valence-electron chi connectivity index (χ2n) is 5.13. The first-order chi connectivity index (χ1) is 8.45. The van der Waals surface area contributed by atoms with Crippen molar-refractivity contribution in [3.63, 3.8) is 0 Å². The molecule has 18 heavy (non-hydrogen) atoms. The molecule has 0 aliphatic heterocycles. The molecule has 2 unspecified atom stereocenters. The Morgan fingerprint density at radius 3 is 2.39 bits per heavy atom. The lowest BCUT2D eigenvalue weighted by molar-refractivity contribution is 0.268. The van der Waals surface area contributed by atoms with Crippen LogP contribution in [0.3, 0.4) is 0 Å². The number of aliphatic hydroxyl groups excluding tert-OH is 1. The molecule has 0 spiro atoms. The molecule has 2 atom stereocenters. The molecule has 1 rings (SSSR count). The number of hydrogen-bond acceptors (Lipinski definition) is 4. The van der Waals surface area contributed by atoms with Crippen LogP contribution in [0.1, 0.15) is 58.8 Å². The third-order valence-corrected chi connectivity index (χ3v) is 5.25. The molecule has 5 heteroatoms. The summed E-state index contributed by atoms with van der Waals surface area (Å²) in [5.41, 5.74) is -0.121. The van der Waals surface area contributed by atoms with E-state index >= 15 is 0 Å². The lowest BCUT2D eigenvalue weighted by Gasteiger charge is -2.18. The van der Waals surface area contributed by atoms with Crippen LogP contribution in [0.2, 0.25) is 0 Å². The van der Waals surface area contributed by atoms with Crippen molar-refractivity contribution in [3.8, 4) is 0 Å². The number of hydrogen-bond donors (Lipinski definition) is 1. The molecule has 0 amide bonds. The van der Waals surface area contributed by atoms with Crippen LogP contribution in [0.25, 0.3) is 0 Å². The van der Waals surface area contributed by atoms with Crippen LogP contribution in [-0.4, -0.2) is 36.5 Å². The maximum Gasteiger partial charge on any atom is 0.178 e. The molecular formula is C13H25NO3S. The van der Waals surface area contributed by atoms with E-state index in [0.717, 1.165) is 25.7 Å². The van der Waals surface area contributed by atoms with Gasteiger partial charge in [-0.05, 0) is 39.0 Å². The average Bonchev–Trinajstić information content (AvgIpc) is 2.30. The number of aliphatic imine (C=N–C) groups is 1. The first-order valence-corrected chi connectivity index (χ1v) is 8.62. The molecule has 0 aromatic heterocycles. The minimum atomic E-state index is -3.42. The molecule has 0 radical (unpaired) electrons. The van der Waals surface area contributed by atoms with Gasteiger partial charge in [-0.1, -0.05) is 19.8 Å². The van der Waals surface area contributed by atoms with Crippen molar-refractivity contribution in [1.82, 2.24) is 0 Å². The van der Waals surface area contributed by atoms with E-state index < -0.39 is 15.3 Å². The van der Waals surface area contributed by atoms with Crippen LogP contribution in [0, 0.1) is 0 Å². The molecule has 1 aliphatic carbocycles. The molecule has 4 nitrogen and oxygen atoms in total. The number of aliphatic hydroxyl groups is 1. The Morgan fingerprint density at radius 2 is 1.89 bits per heavy atom. The summed E-state index contributed by atoms with van der Waals surface area (Å²) in [6.45, 7) is 3.34. The number of sulfone groups is 1. The Balaban J connectivity index is 2.70. The zero-order chi connectivity index (χ0) is 13.6. The Morgan fingerprint density at radius 1 is 1.28 bits per heavy atom. The van der Waals surface area contributed by atoms with Crippen molar-refractivity contribution < 1.29 is 13.5 Å². The van der Waals surface area contributed by atoms with Crippen molar-refractivity contribution in [1.29, 1.82) is 0 Å². The van der Waals surface area contributed by atoms with Gasteiger partial charge in [0.25, 0.3) is 0 Å². The van der Waals surface area contributed by atoms with Crippen LogP contribution in [0.5, 0.6) is 0 Å². The third-order valence-electron chi connectivity index (χ3n) is 3.36. The maximum atomic E-state index is 11.7. The van der Waals surface area contributed by atoms with E-state index in [1.165, 1.54) is 31.9 Å². The minimum Gasteiger partial charge on any atom is -0.377 e. The van der Waals surface area contributed by atoms with Gasteiger partial charge >= 0.3 is 0 Å². The summed E-state index contributed by atoms with van der Waals surface area (Å²) in [4.78, 5) is 4.62. The van der Waals surface area contributed by atoms with Gasteiger partial charge in [0.2, 0.25) is 0 Å². The molecule has 0 aromatic rings. The van der Waals surface area contributed by atoms with Crippen molar-refractivity contribution >= 4 is 15.5 Å². The van der Waals surface area contributed by atoms with Gasteiger partial charge in [0.05, 0.1) is 11.8 Å². The van der Waals surface area contributed by atoms with E-state index in [1.54, 1.807) is 0 Å². The Kier molecular flexibility index (Phi) is 6.29. The van der Waals surface area contributed by atoms with Crippen molar-refractivity contribution in [2.24, 2.45) is 4.99 Å². The largest absolute Gasteiger partial charge is 0.377 e. The third kappa shape index (κ3) is 5.06. The Hall–Kier alpha value is -0.420. The average molecular weight is 275 g/mol. The topological polar surface area (TPSA) is 66.7 Å². The van der Waals surface area contributed by atoms with Crippen molar-refractivity contribution in [2.75, 3.05) is 5.75 Å². The predicted molar refractivity (Wildman–Crippen MR) is 74.7 cm³/mol. The zero-order valence-electron chi connectivity index (χ0n) is 11.4. The molecule has 1 N–H and O–H groups in total. The summed E-state index contributed by atoms with van der Waals surface area (Å²) in [5, 5.41) is 9.27. The SMILES string of the molecule is CCCC(CS(=O)(=O)C(C)O)N=C1CCCCC1. The summed E-state index contributed by atoms with van der Waals surface area (Å²) in [6.07, 6.45) is 7.29. The Bertz CT molecular complexity index is 366. The van der Waals surface area contributed by atoms with Crippen molar-refractivity contribution in [3.05, 3.63) is 0 Å². The highest BCUT2D eigenvalue weighted by Crippen LogP contribution is 2.18. The fraction of sp³-hybridized carbons (Fsp3) is 0.923. The summed E-state index contributed by atoms with van der Waals surface area (Å²) in [5.74, 6) is -0.0258. The summed E-state index contributed by atoms with van der Waals surface area (Å²) < 4.78 is 23.5. The molecule has 1 fully saturated rings. The summed E-state index contributed by atoms with van der Waals surface area (Å²) in [6, 6.07) is -0.178. The molecule has 106 valence electrons. The van der Waals surface area contributed by atoms with Crippen LogP contribution in [0.15, 0.2) is 4.99 Å². The second kappa shape index (κ2) is 7.24. The van der Waals surface area contributed by atoms with Crippen LogP contribution < -0.4 is 0 Å². The quantitative estimate of drug-likeness (QED) is 0.809. The molecule has 1 aliphatic rings. The van der Waals surface area contributed by atoms with E-state index in [0.29, 0.717) is 0 Å². The highest BCUT2D eigenvalue weighted by molar-refractivity contribution is 7.91. The van der Waals surface area contributed by atoms with E-state index in [9.17, 15) is 13.5 Å². The number of nitrogens with zero attached hydrogens (tertiary/aromatic N) is 1. The normalized spacial score (nSPS) is 20.5. The zero-order valence-corrected chi connectivity index (χ0v) is 12.2. The standard InChI is InChI=1S/C13H25NO3S/c1-3-7-13(10-18(16,17)11(2)15)14-12-8-5-4-6-9-12/h11,13,15H,3-10H2,1-2H3. The lowest BCUT2D eigenvalue weighted by Crippen LogP contribution is -2.28. The van der Waals surface area contributed by atoms with Gasteiger partial charge in [0.15, 0.2) is 15.3 Å². The van der Waals surface area contributed by atoms with E-state index in [1.807, 2.05) is 6.92 Å². The molecule has 0 bridgehead atoms. The van der Waals surface area contributed by atoms with Crippen LogP contribution in [0.4, 0.5) is 0 Å². The van der Waals surface area contributed by atoms with Crippen LogP contribution in [-0.2, 0) is 9.84 Å². The van der Waals surface area contributed by atoms with Crippen molar-refractivity contribution in [2.45, 2.75) is 70.3 Å². The molecule has 0 heterocycles. The monoisotopic (exact) mass is 275 g/mol. The second-order valence-corrected chi connectivity index (χ2v) is 7.47. The van der Waals surface area contributed by atoms with Gasteiger partial charge in [-0.25, -0.2) is 8.42 Å². The fourth-order valence-corrected chi connectivity index (χ4v) is 3.33. The highest BCUT2D eigenvalue weighted by Gasteiger charge is 2.23. The van der Waals surface area contributed by atoms with Gasteiger partial charge < -0.3 is 5.11 Å². The first-order valence-electron chi connectivity index (χ1n) is 6.91. The van der Waals surface area contributed by atoms with Gasteiger partial charge in [0.1, 0.15) is 0 Å². The predicted octanol–water partition coefficient (Wildman–Crippen LogP) is 2.31. The van der Waals surface area contributed by atoms with E-state index in [-0.39, 0.29) is 11.8 Å². The van der Waals surface area contributed by atoms with E-state index in [2.05, 4.69) is 4.99 Å². The summed E-state index contributed by atoms with van der Waals surface area (Å²) >= 11 is 0. The van der Waals surface area contributed by atoms with Gasteiger partial charge in [-0.3, -0.25) is 4.99 Å². The van der Waals surface area contributed by atoms with Crippen LogP contribution >= 0.6 is 0 Å². The molecule has 0 aromatic carbocycles. The molecular weight excluding hydrogens is 250 g/mol. The fourth-order valence-electron chi connectivity index (χ4n) is 2.27. The lowest BCUT2D eigenvalue weighted by atomic mass is 9.98. The van der Waals surface area contributed by atoms with E-state index in [4.69, 9.17) is 0 Å². The molecule has 0 saturated heterocycles. The first kappa shape index (κ1) is 15.6. The summed E-state index contributed by atoms with van der Waals surface area (Å²) in [7, 11) is -3.42. The van der Waals surface area contributed by atoms with Gasteiger partial charge in [-0.15, -0.1) is 0 Å². The molecule has 1 saturated carbocycles. The van der Waals surface area contributed by atoms with Gasteiger partial charge in [0, 0.05) is 5.71 Å². The minimum absolute atomic E-state index is 0.0258.